The number of halogens is 2. The second-order valence-electron chi connectivity index (χ2n) is 5.10. The van der Waals surface area contributed by atoms with Crippen molar-refractivity contribution < 1.29 is 4.39 Å². The van der Waals surface area contributed by atoms with E-state index in [9.17, 15) is 4.39 Å². The highest BCUT2D eigenvalue weighted by molar-refractivity contribution is 7.98. The Labute approximate surface area is 149 Å². The Morgan fingerprint density at radius 3 is 2.75 bits per heavy atom. The molecule has 0 aliphatic heterocycles. The molecule has 1 aromatic heterocycles. The minimum Gasteiger partial charge on any atom is -0.298 e. The predicted molar refractivity (Wildman–Crippen MR) is 96.6 cm³/mol. The predicted octanol–water partition coefficient (Wildman–Crippen LogP) is 5.22. The van der Waals surface area contributed by atoms with Gasteiger partial charge in [-0.1, -0.05) is 53.7 Å². The van der Waals surface area contributed by atoms with Crippen molar-refractivity contribution in [3.05, 3.63) is 77.6 Å². The summed E-state index contributed by atoms with van der Waals surface area (Å²) in [7, 11) is 0. The van der Waals surface area contributed by atoms with Crippen LogP contribution in [0, 0.1) is 5.82 Å². The molecule has 0 saturated carbocycles. The average molecular weight is 360 g/mol. The first-order valence-corrected chi connectivity index (χ1v) is 8.71. The van der Waals surface area contributed by atoms with Crippen LogP contribution in [-0.4, -0.2) is 14.8 Å². The number of allylic oxidation sites excluding steroid dienone is 1. The Hall–Kier alpha value is -2.11. The molecule has 1 heterocycles. The third-order valence-corrected chi connectivity index (χ3v) is 4.77. The summed E-state index contributed by atoms with van der Waals surface area (Å²) in [5.74, 6) is 1.06. The van der Waals surface area contributed by atoms with Crippen molar-refractivity contribution in [3.8, 4) is 11.4 Å². The van der Waals surface area contributed by atoms with Gasteiger partial charge in [0.05, 0.1) is 5.02 Å². The number of aromatic nitrogens is 3. The fraction of sp³-hybridized carbons (Fsp3) is 0.111. The Kier molecular flexibility index (Phi) is 5.33. The van der Waals surface area contributed by atoms with Gasteiger partial charge in [-0.2, -0.15) is 0 Å². The third-order valence-electron chi connectivity index (χ3n) is 3.40. The Bertz CT molecular complexity index is 863. The van der Waals surface area contributed by atoms with Crippen LogP contribution in [0.5, 0.6) is 0 Å². The van der Waals surface area contributed by atoms with Gasteiger partial charge in [0.1, 0.15) is 5.82 Å². The van der Waals surface area contributed by atoms with Crippen LogP contribution in [0.15, 0.2) is 66.3 Å². The van der Waals surface area contributed by atoms with Crippen molar-refractivity contribution in [1.82, 2.24) is 14.8 Å². The Balaban J connectivity index is 1.89. The number of hydrogen-bond donors (Lipinski definition) is 0. The molecular weight excluding hydrogens is 345 g/mol. The van der Waals surface area contributed by atoms with E-state index in [0.29, 0.717) is 23.1 Å². The summed E-state index contributed by atoms with van der Waals surface area (Å²) in [6.07, 6.45) is 1.79. The topological polar surface area (TPSA) is 30.7 Å². The van der Waals surface area contributed by atoms with E-state index in [4.69, 9.17) is 11.6 Å². The van der Waals surface area contributed by atoms with Gasteiger partial charge >= 0.3 is 0 Å². The molecule has 122 valence electrons. The van der Waals surface area contributed by atoms with Gasteiger partial charge in [-0.05, 0) is 29.8 Å². The molecule has 0 atom stereocenters. The van der Waals surface area contributed by atoms with E-state index in [1.165, 1.54) is 23.9 Å². The van der Waals surface area contributed by atoms with Gasteiger partial charge in [0.15, 0.2) is 11.0 Å². The molecule has 0 aliphatic carbocycles. The van der Waals surface area contributed by atoms with Gasteiger partial charge in [-0.15, -0.1) is 16.8 Å². The number of benzene rings is 2. The Morgan fingerprint density at radius 2 is 2.00 bits per heavy atom. The van der Waals surface area contributed by atoms with Crippen molar-refractivity contribution in [3.63, 3.8) is 0 Å². The molecule has 0 fully saturated rings. The molecule has 3 nitrogen and oxygen atoms in total. The molecule has 0 N–H and O–H groups in total. The van der Waals surface area contributed by atoms with Crippen LogP contribution in [0.3, 0.4) is 0 Å². The van der Waals surface area contributed by atoms with E-state index in [1.807, 2.05) is 34.9 Å². The summed E-state index contributed by atoms with van der Waals surface area (Å²) >= 11 is 7.78. The smallest absolute Gasteiger partial charge is 0.192 e. The fourth-order valence-corrected chi connectivity index (χ4v) is 3.42. The first kappa shape index (κ1) is 16.7. The molecule has 3 aromatic rings. The van der Waals surface area contributed by atoms with Crippen LogP contribution < -0.4 is 0 Å². The molecule has 0 bridgehead atoms. The molecule has 0 aliphatic rings. The molecule has 0 unspecified atom stereocenters. The minimum absolute atomic E-state index is 0.239. The molecular formula is C18H15ClFN3S. The molecule has 0 radical (unpaired) electrons. The van der Waals surface area contributed by atoms with Crippen molar-refractivity contribution >= 4 is 23.4 Å². The first-order valence-electron chi connectivity index (χ1n) is 7.35. The number of hydrogen-bond acceptors (Lipinski definition) is 3. The molecule has 24 heavy (non-hydrogen) atoms. The second-order valence-corrected chi connectivity index (χ2v) is 6.45. The van der Waals surface area contributed by atoms with E-state index in [2.05, 4.69) is 16.8 Å². The summed E-state index contributed by atoms with van der Waals surface area (Å²) in [5.41, 5.74) is 1.72. The quantitative estimate of drug-likeness (QED) is 0.446. The van der Waals surface area contributed by atoms with Crippen LogP contribution in [0.1, 0.15) is 5.56 Å². The van der Waals surface area contributed by atoms with Crippen LogP contribution in [0.25, 0.3) is 11.4 Å². The van der Waals surface area contributed by atoms with E-state index in [-0.39, 0.29) is 5.82 Å². The van der Waals surface area contributed by atoms with Crippen molar-refractivity contribution in [2.75, 3.05) is 0 Å². The fourth-order valence-electron chi connectivity index (χ4n) is 2.31. The van der Waals surface area contributed by atoms with E-state index in [1.54, 1.807) is 12.1 Å². The molecule has 6 heteroatoms. The van der Waals surface area contributed by atoms with Crippen LogP contribution in [0.2, 0.25) is 5.02 Å². The van der Waals surface area contributed by atoms with E-state index in [0.717, 1.165) is 16.3 Å². The van der Waals surface area contributed by atoms with Gasteiger partial charge in [0.2, 0.25) is 0 Å². The Morgan fingerprint density at radius 1 is 1.17 bits per heavy atom. The standard InChI is InChI=1S/C18H15ClFN3S/c1-2-10-23-17(15-8-3-4-9-16(15)19)21-22-18(23)24-12-13-6-5-7-14(20)11-13/h2-9,11H,1,10,12H2. The van der Waals surface area contributed by atoms with Crippen LogP contribution in [-0.2, 0) is 12.3 Å². The van der Waals surface area contributed by atoms with Crippen molar-refractivity contribution in [1.29, 1.82) is 0 Å². The van der Waals surface area contributed by atoms with Crippen LogP contribution in [0.4, 0.5) is 4.39 Å². The summed E-state index contributed by atoms with van der Waals surface area (Å²) in [6, 6.07) is 14.1. The summed E-state index contributed by atoms with van der Waals surface area (Å²) in [4.78, 5) is 0. The largest absolute Gasteiger partial charge is 0.298 e. The lowest BCUT2D eigenvalue weighted by molar-refractivity contribution is 0.626. The minimum atomic E-state index is -0.239. The SMILES string of the molecule is C=CCn1c(SCc2cccc(F)c2)nnc1-c1ccccc1Cl. The highest BCUT2D eigenvalue weighted by atomic mass is 35.5. The monoisotopic (exact) mass is 359 g/mol. The second kappa shape index (κ2) is 7.64. The number of nitrogens with zero attached hydrogens (tertiary/aromatic N) is 3. The number of rotatable bonds is 6. The zero-order valence-corrected chi connectivity index (χ0v) is 14.4. The van der Waals surface area contributed by atoms with Crippen LogP contribution >= 0.6 is 23.4 Å². The lowest BCUT2D eigenvalue weighted by atomic mass is 10.2. The third kappa shape index (κ3) is 3.68. The summed E-state index contributed by atoms with van der Waals surface area (Å²) in [5, 5.41) is 9.91. The highest BCUT2D eigenvalue weighted by Gasteiger charge is 2.15. The zero-order chi connectivity index (χ0) is 16.9. The van der Waals surface area contributed by atoms with Gasteiger partial charge in [-0.3, -0.25) is 4.57 Å². The lowest BCUT2D eigenvalue weighted by Crippen LogP contribution is -2.01. The molecule has 2 aromatic carbocycles. The van der Waals surface area contributed by atoms with Gasteiger partial charge in [0.25, 0.3) is 0 Å². The first-order chi connectivity index (χ1) is 11.7. The van der Waals surface area contributed by atoms with Crippen molar-refractivity contribution in [2.24, 2.45) is 0 Å². The van der Waals surface area contributed by atoms with Gasteiger partial charge < -0.3 is 0 Å². The number of thioether (sulfide) groups is 1. The highest BCUT2D eigenvalue weighted by Crippen LogP contribution is 2.30. The maximum Gasteiger partial charge on any atom is 0.192 e. The molecule has 3 rings (SSSR count). The average Bonchev–Trinajstić information content (AvgIpc) is 2.97. The maximum absolute atomic E-state index is 13.3. The van der Waals surface area contributed by atoms with Gasteiger partial charge in [0, 0.05) is 17.9 Å². The lowest BCUT2D eigenvalue weighted by Gasteiger charge is -2.09. The van der Waals surface area contributed by atoms with Gasteiger partial charge in [-0.25, -0.2) is 4.39 Å². The summed E-state index contributed by atoms with van der Waals surface area (Å²) in [6.45, 7) is 4.36. The van der Waals surface area contributed by atoms with E-state index >= 15 is 0 Å². The molecule has 0 spiro atoms. The van der Waals surface area contributed by atoms with Crippen molar-refractivity contribution in [2.45, 2.75) is 17.5 Å². The molecule has 0 amide bonds. The summed E-state index contributed by atoms with van der Waals surface area (Å²) < 4.78 is 15.2. The normalized spacial score (nSPS) is 10.8. The zero-order valence-electron chi connectivity index (χ0n) is 12.8. The molecule has 0 saturated heterocycles. The van der Waals surface area contributed by atoms with E-state index < -0.39 is 0 Å². The maximum atomic E-state index is 13.3.